The number of hydrogen-bond acceptors (Lipinski definition) is 5. The fourth-order valence-corrected chi connectivity index (χ4v) is 2.66. The summed E-state index contributed by atoms with van der Waals surface area (Å²) in [6, 6.07) is 4.14. The van der Waals surface area contributed by atoms with E-state index >= 15 is 0 Å². The molecular formula is C17H26N4O3. The minimum Gasteiger partial charge on any atom is -0.450 e. The van der Waals surface area contributed by atoms with E-state index in [1.807, 2.05) is 19.1 Å². The Labute approximate surface area is 142 Å². The molecule has 0 saturated carbocycles. The van der Waals surface area contributed by atoms with Crippen molar-refractivity contribution in [3.8, 4) is 0 Å². The van der Waals surface area contributed by atoms with Crippen LogP contribution in [0.2, 0.25) is 0 Å². The lowest BCUT2D eigenvalue weighted by Crippen LogP contribution is -2.45. The van der Waals surface area contributed by atoms with Crippen molar-refractivity contribution in [2.45, 2.75) is 38.8 Å². The zero-order valence-electron chi connectivity index (χ0n) is 14.2. The van der Waals surface area contributed by atoms with E-state index in [4.69, 9.17) is 4.74 Å². The minimum absolute atomic E-state index is 0.0234. The summed E-state index contributed by atoms with van der Waals surface area (Å²) in [6.45, 7) is 4.76. The van der Waals surface area contributed by atoms with Gasteiger partial charge < -0.3 is 20.3 Å². The number of aromatic nitrogens is 1. The van der Waals surface area contributed by atoms with Crippen LogP contribution in [0.25, 0.3) is 0 Å². The van der Waals surface area contributed by atoms with Crippen LogP contribution in [0.5, 0.6) is 0 Å². The minimum atomic E-state index is -0.231. The standard InChI is InChI=1S/C17H26N4O3/c1-2-24-17(23)21-10-6-15(7-11-21)19-9-5-16(22)20-13-14-4-3-8-18-12-14/h3-4,8,12,15,19H,2,5-7,9-11,13H2,1H3,(H,20,22). The first-order valence-corrected chi connectivity index (χ1v) is 8.49. The fourth-order valence-electron chi connectivity index (χ4n) is 2.66. The van der Waals surface area contributed by atoms with Gasteiger partial charge in [-0.15, -0.1) is 0 Å². The zero-order valence-corrected chi connectivity index (χ0v) is 14.2. The van der Waals surface area contributed by atoms with Crippen molar-refractivity contribution >= 4 is 12.0 Å². The highest BCUT2D eigenvalue weighted by molar-refractivity contribution is 5.76. The highest BCUT2D eigenvalue weighted by Crippen LogP contribution is 2.11. The average molecular weight is 334 g/mol. The Hall–Kier alpha value is -2.15. The molecule has 1 aromatic rings. The molecule has 2 N–H and O–H groups in total. The Bertz CT molecular complexity index is 516. The maximum absolute atomic E-state index is 11.8. The molecule has 2 amide bonds. The van der Waals surface area contributed by atoms with Crippen LogP contribution in [-0.4, -0.2) is 54.2 Å². The average Bonchev–Trinajstić information content (AvgIpc) is 2.61. The molecule has 0 bridgehead atoms. The van der Waals surface area contributed by atoms with E-state index in [-0.39, 0.29) is 12.0 Å². The van der Waals surface area contributed by atoms with Gasteiger partial charge in [0.2, 0.25) is 5.91 Å². The predicted molar refractivity (Wildman–Crippen MR) is 90.3 cm³/mol. The lowest BCUT2D eigenvalue weighted by molar-refractivity contribution is -0.121. The molecule has 2 rings (SSSR count). The third-order valence-corrected chi connectivity index (χ3v) is 4.02. The summed E-state index contributed by atoms with van der Waals surface area (Å²) in [6.07, 6.45) is 5.44. The van der Waals surface area contributed by atoms with Gasteiger partial charge in [-0.3, -0.25) is 9.78 Å². The molecule has 132 valence electrons. The van der Waals surface area contributed by atoms with Crippen molar-refractivity contribution in [3.63, 3.8) is 0 Å². The van der Waals surface area contributed by atoms with Crippen molar-refractivity contribution in [2.24, 2.45) is 0 Å². The van der Waals surface area contributed by atoms with Crippen LogP contribution in [0.1, 0.15) is 31.7 Å². The van der Waals surface area contributed by atoms with E-state index in [1.54, 1.807) is 17.3 Å². The molecule has 0 aromatic carbocycles. The summed E-state index contributed by atoms with van der Waals surface area (Å²) in [5, 5.41) is 6.27. The second-order valence-electron chi connectivity index (χ2n) is 5.80. The summed E-state index contributed by atoms with van der Waals surface area (Å²) >= 11 is 0. The molecule has 1 aliphatic heterocycles. The Morgan fingerprint density at radius 3 is 2.83 bits per heavy atom. The molecule has 0 spiro atoms. The van der Waals surface area contributed by atoms with Crippen molar-refractivity contribution in [1.29, 1.82) is 0 Å². The number of nitrogens with one attached hydrogen (secondary N) is 2. The number of pyridine rings is 1. The lowest BCUT2D eigenvalue weighted by Gasteiger charge is -2.31. The highest BCUT2D eigenvalue weighted by atomic mass is 16.6. The van der Waals surface area contributed by atoms with Crippen LogP contribution in [0.3, 0.4) is 0 Å². The van der Waals surface area contributed by atoms with Crippen LogP contribution in [0.4, 0.5) is 4.79 Å². The van der Waals surface area contributed by atoms with Gasteiger partial charge in [0.05, 0.1) is 6.61 Å². The first-order valence-electron chi connectivity index (χ1n) is 8.49. The molecule has 1 aliphatic rings. The molecule has 2 heterocycles. The Balaban J connectivity index is 1.56. The van der Waals surface area contributed by atoms with Gasteiger partial charge in [0.25, 0.3) is 0 Å². The monoisotopic (exact) mass is 334 g/mol. The zero-order chi connectivity index (χ0) is 17.2. The van der Waals surface area contributed by atoms with Crippen molar-refractivity contribution in [1.82, 2.24) is 20.5 Å². The van der Waals surface area contributed by atoms with E-state index in [0.717, 1.165) is 18.4 Å². The predicted octanol–water partition coefficient (Wildman–Crippen LogP) is 1.30. The molecule has 24 heavy (non-hydrogen) atoms. The summed E-state index contributed by atoms with van der Waals surface area (Å²) in [5.41, 5.74) is 0.991. The first-order chi connectivity index (χ1) is 11.7. The molecular weight excluding hydrogens is 308 g/mol. The molecule has 1 fully saturated rings. The van der Waals surface area contributed by atoms with Gasteiger partial charge in [-0.05, 0) is 31.4 Å². The maximum atomic E-state index is 11.8. The lowest BCUT2D eigenvalue weighted by atomic mass is 10.1. The third kappa shape index (κ3) is 6.16. The van der Waals surface area contributed by atoms with Gasteiger partial charge in [0.15, 0.2) is 0 Å². The molecule has 7 heteroatoms. The molecule has 1 saturated heterocycles. The van der Waals surface area contributed by atoms with E-state index < -0.39 is 0 Å². The van der Waals surface area contributed by atoms with Crippen LogP contribution in [0.15, 0.2) is 24.5 Å². The van der Waals surface area contributed by atoms with Gasteiger partial charge in [-0.2, -0.15) is 0 Å². The number of carbonyl (C=O) groups excluding carboxylic acids is 2. The van der Waals surface area contributed by atoms with Crippen LogP contribution < -0.4 is 10.6 Å². The molecule has 7 nitrogen and oxygen atoms in total. The molecule has 0 atom stereocenters. The maximum Gasteiger partial charge on any atom is 0.409 e. The largest absolute Gasteiger partial charge is 0.450 e. The summed E-state index contributed by atoms with van der Waals surface area (Å²) in [5.74, 6) is 0.0234. The van der Waals surface area contributed by atoms with Crippen molar-refractivity contribution < 1.29 is 14.3 Å². The number of piperidine rings is 1. The molecule has 0 radical (unpaired) electrons. The summed E-state index contributed by atoms with van der Waals surface area (Å²) < 4.78 is 5.00. The number of rotatable bonds is 7. The second kappa shape index (κ2) is 9.87. The highest BCUT2D eigenvalue weighted by Gasteiger charge is 2.23. The van der Waals surface area contributed by atoms with Gasteiger partial charge in [-0.25, -0.2) is 4.79 Å². The van der Waals surface area contributed by atoms with E-state index in [9.17, 15) is 9.59 Å². The van der Waals surface area contributed by atoms with Crippen LogP contribution >= 0.6 is 0 Å². The Morgan fingerprint density at radius 1 is 1.38 bits per heavy atom. The Morgan fingerprint density at radius 2 is 2.17 bits per heavy atom. The quantitative estimate of drug-likeness (QED) is 0.785. The number of carbonyl (C=O) groups is 2. The topological polar surface area (TPSA) is 83.6 Å². The molecule has 1 aromatic heterocycles. The number of likely N-dealkylation sites (tertiary alicyclic amines) is 1. The summed E-state index contributed by atoms with van der Waals surface area (Å²) in [7, 11) is 0. The van der Waals surface area contributed by atoms with Gasteiger partial charge in [0.1, 0.15) is 0 Å². The third-order valence-electron chi connectivity index (χ3n) is 4.02. The normalized spacial score (nSPS) is 15.1. The second-order valence-corrected chi connectivity index (χ2v) is 5.80. The first kappa shape index (κ1) is 18.2. The van der Waals surface area contributed by atoms with E-state index in [0.29, 0.717) is 45.2 Å². The number of hydrogen-bond donors (Lipinski definition) is 2. The van der Waals surface area contributed by atoms with Crippen molar-refractivity contribution in [2.75, 3.05) is 26.2 Å². The SMILES string of the molecule is CCOC(=O)N1CCC(NCCC(=O)NCc2cccnc2)CC1. The van der Waals surface area contributed by atoms with Crippen LogP contribution in [-0.2, 0) is 16.1 Å². The smallest absolute Gasteiger partial charge is 0.409 e. The summed E-state index contributed by atoms with van der Waals surface area (Å²) in [4.78, 5) is 29.2. The fraction of sp³-hybridized carbons (Fsp3) is 0.588. The van der Waals surface area contributed by atoms with Gasteiger partial charge >= 0.3 is 6.09 Å². The van der Waals surface area contributed by atoms with Crippen LogP contribution in [0, 0.1) is 0 Å². The van der Waals surface area contributed by atoms with E-state index in [2.05, 4.69) is 15.6 Å². The Kier molecular flexibility index (Phi) is 7.48. The van der Waals surface area contributed by atoms with Gasteiger partial charge in [-0.1, -0.05) is 6.07 Å². The molecule has 0 unspecified atom stereocenters. The van der Waals surface area contributed by atoms with Crippen molar-refractivity contribution in [3.05, 3.63) is 30.1 Å². The molecule has 0 aliphatic carbocycles. The van der Waals surface area contributed by atoms with Gasteiger partial charge in [0, 0.05) is 51.0 Å². The number of ether oxygens (including phenoxy) is 1. The number of amides is 2. The number of nitrogens with zero attached hydrogens (tertiary/aromatic N) is 2. The van der Waals surface area contributed by atoms with E-state index in [1.165, 1.54) is 0 Å².